The molecule has 9 heteroatoms. The highest BCUT2D eigenvalue weighted by Crippen LogP contribution is 2.26. The summed E-state index contributed by atoms with van der Waals surface area (Å²) in [5.74, 6) is 4.50. The molecule has 1 aromatic heterocycles. The molecule has 0 saturated heterocycles. The largest absolute Gasteiger partial charge is 0.366 e. The van der Waals surface area contributed by atoms with Crippen LogP contribution in [0.15, 0.2) is 82.1 Å². The van der Waals surface area contributed by atoms with E-state index in [9.17, 15) is 24.8 Å². The molecular weight excluding hydrogens is 438 g/mol. The number of aryl methyl sites for hydroxylation is 1. The maximum atomic E-state index is 13.3. The van der Waals surface area contributed by atoms with Crippen molar-refractivity contribution < 1.29 is 19.3 Å². The van der Waals surface area contributed by atoms with Crippen molar-refractivity contribution in [3.63, 3.8) is 0 Å². The molecule has 168 valence electrons. The third kappa shape index (κ3) is 4.39. The molecule has 4 aromatic rings. The van der Waals surface area contributed by atoms with E-state index in [1.54, 1.807) is 37.3 Å². The SMILES string of the molecule is Cc1noc(=O)c2ccc(NC(=O)C(O)(C#Cc3ccccc3)c3ccc([N+](=O)[O-])cc3)cc12. The number of nitro benzene ring substituents is 1. The smallest absolute Gasteiger partial charge is 0.366 e. The molecule has 1 amide bonds. The zero-order chi connectivity index (χ0) is 24.3. The van der Waals surface area contributed by atoms with E-state index in [1.165, 1.54) is 42.5 Å². The summed E-state index contributed by atoms with van der Waals surface area (Å²) in [7, 11) is 0. The molecule has 0 aliphatic rings. The van der Waals surface area contributed by atoms with Gasteiger partial charge in [0.1, 0.15) is 0 Å². The Labute approximate surface area is 192 Å². The van der Waals surface area contributed by atoms with Crippen LogP contribution in [0.2, 0.25) is 0 Å². The highest BCUT2D eigenvalue weighted by atomic mass is 16.6. The lowest BCUT2D eigenvalue weighted by atomic mass is 9.92. The van der Waals surface area contributed by atoms with E-state index in [4.69, 9.17) is 4.52 Å². The monoisotopic (exact) mass is 455 g/mol. The van der Waals surface area contributed by atoms with Gasteiger partial charge in [-0.15, -0.1) is 0 Å². The Kier molecular flexibility index (Phi) is 5.91. The zero-order valence-corrected chi connectivity index (χ0v) is 17.8. The Hall–Kier alpha value is -4.81. The third-order valence-corrected chi connectivity index (χ3v) is 5.14. The molecule has 1 unspecified atom stereocenters. The Balaban J connectivity index is 1.75. The summed E-state index contributed by atoms with van der Waals surface area (Å²) in [5.41, 5.74) is -1.79. The first-order valence-corrected chi connectivity index (χ1v) is 10.1. The van der Waals surface area contributed by atoms with Crippen molar-refractivity contribution in [3.8, 4) is 11.8 Å². The van der Waals surface area contributed by atoms with Crippen LogP contribution in [0.3, 0.4) is 0 Å². The number of nitrogens with one attached hydrogen (secondary N) is 1. The van der Waals surface area contributed by atoms with Gasteiger partial charge in [-0.3, -0.25) is 14.9 Å². The number of carbonyl (C=O) groups is 1. The molecule has 1 heterocycles. The van der Waals surface area contributed by atoms with Gasteiger partial charge in [-0.25, -0.2) is 4.79 Å². The number of rotatable bonds is 4. The van der Waals surface area contributed by atoms with E-state index in [1.807, 2.05) is 0 Å². The highest BCUT2D eigenvalue weighted by molar-refractivity contribution is 6.01. The van der Waals surface area contributed by atoms with E-state index >= 15 is 0 Å². The van der Waals surface area contributed by atoms with Crippen molar-refractivity contribution in [1.29, 1.82) is 0 Å². The second kappa shape index (κ2) is 8.97. The molecule has 0 bridgehead atoms. The van der Waals surface area contributed by atoms with Gasteiger partial charge in [0.05, 0.1) is 16.0 Å². The molecule has 4 rings (SSSR count). The second-order valence-electron chi connectivity index (χ2n) is 7.40. The fourth-order valence-electron chi connectivity index (χ4n) is 3.30. The van der Waals surface area contributed by atoms with Gasteiger partial charge in [-0.2, -0.15) is 0 Å². The molecule has 0 fully saturated rings. The number of hydrogen-bond acceptors (Lipinski definition) is 7. The van der Waals surface area contributed by atoms with Crippen LogP contribution in [0.5, 0.6) is 0 Å². The lowest BCUT2D eigenvalue weighted by molar-refractivity contribution is -0.384. The van der Waals surface area contributed by atoms with Gasteiger partial charge >= 0.3 is 5.63 Å². The number of fused-ring (bicyclic) bond motifs is 1. The summed E-state index contributed by atoms with van der Waals surface area (Å²) >= 11 is 0. The van der Waals surface area contributed by atoms with Crippen LogP contribution < -0.4 is 10.9 Å². The first kappa shape index (κ1) is 22.4. The Morgan fingerprint density at radius 3 is 2.47 bits per heavy atom. The van der Waals surface area contributed by atoms with Gasteiger partial charge < -0.3 is 14.9 Å². The van der Waals surface area contributed by atoms with Crippen LogP contribution in [-0.4, -0.2) is 21.1 Å². The summed E-state index contributed by atoms with van der Waals surface area (Å²) in [4.78, 5) is 35.6. The van der Waals surface area contributed by atoms with E-state index in [0.29, 0.717) is 22.0 Å². The minimum atomic E-state index is -2.33. The minimum Gasteiger partial charge on any atom is -0.366 e. The number of hydrogen-bond donors (Lipinski definition) is 2. The predicted molar refractivity (Wildman–Crippen MR) is 124 cm³/mol. The maximum absolute atomic E-state index is 13.3. The summed E-state index contributed by atoms with van der Waals surface area (Å²) in [6.07, 6.45) is 0. The molecule has 1 atom stereocenters. The molecule has 0 radical (unpaired) electrons. The normalized spacial score (nSPS) is 12.3. The van der Waals surface area contributed by atoms with Crippen LogP contribution >= 0.6 is 0 Å². The molecule has 0 aliphatic carbocycles. The number of aromatic nitrogens is 1. The number of benzene rings is 3. The Bertz CT molecular complexity index is 1520. The summed E-state index contributed by atoms with van der Waals surface area (Å²) < 4.78 is 4.71. The quantitative estimate of drug-likeness (QED) is 0.274. The average molecular weight is 455 g/mol. The molecule has 3 aromatic carbocycles. The van der Waals surface area contributed by atoms with Crippen molar-refractivity contribution in [1.82, 2.24) is 5.16 Å². The zero-order valence-electron chi connectivity index (χ0n) is 17.8. The predicted octanol–water partition coefficient (Wildman–Crippen LogP) is 3.28. The molecular formula is C25H17N3O6. The Morgan fingerprint density at radius 1 is 1.09 bits per heavy atom. The van der Waals surface area contributed by atoms with E-state index < -0.39 is 22.1 Å². The van der Waals surface area contributed by atoms with E-state index in [2.05, 4.69) is 22.3 Å². The fourth-order valence-corrected chi connectivity index (χ4v) is 3.30. The van der Waals surface area contributed by atoms with Gasteiger partial charge in [-0.1, -0.05) is 29.3 Å². The number of anilines is 1. The van der Waals surface area contributed by atoms with E-state index in [-0.39, 0.29) is 16.9 Å². The lowest BCUT2D eigenvalue weighted by Gasteiger charge is -2.22. The number of nitro groups is 1. The molecule has 0 aliphatic heterocycles. The second-order valence-corrected chi connectivity index (χ2v) is 7.40. The maximum Gasteiger partial charge on any atom is 0.366 e. The van der Waals surface area contributed by atoms with Gasteiger partial charge in [0.15, 0.2) is 0 Å². The van der Waals surface area contributed by atoms with Crippen molar-refractivity contribution >= 4 is 28.1 Å². The van der Waals surface area contributed by atoms with Crippen molar-refractivity contribution in [2.75, 3.05) is 5.32 Å². The van der Waals surface area contributed by atoms with Crippen molar-refractivity contribution in [2.45, 2.75) is 12.5 Å². The summed E-state index contributed by atoms with van der Waals surface area (Å²) in [6, 6.07) is 18.2. The highest BCUT2D eigenvalue weighted by Gasteiger charge is 2.37. The fraction of sp³-hybridized carbons (Fsp3) is 0.0800. The first-order chi connectivity index (χ1) is 16.3. The van der Waals surface area contributed by atoms with Crippen LogP contribution in [0.1, 0.15) is 16.8 Å². The number of nitrogens with zero attached hydrogens (tertiary/aromatic N) is 2. The Morgan fingerprint density at radius 2 is 1.79 bits per heavy atom. The molecule has 9 nitrogen and oxygen atoms in total. The molecule has 2 N–H and O–H groups in total. The van der Waals surface area contributed by atoms with Crippen LogP contribution in [-0.2, 0) is 10.4 Å². The first-order valence-electron chi connectivity index (χ1n) is 10.1. The molecule has 0 spiro atoms. The minimum absolute atomic E-state index is 0.0540. The van der Waals surface area contributed by atoms with Gasteiger partial charge in [0.2, 0.25) is 5.60 Å². The summed E-state index contributed by atoms with van der Waals surface area (Å²) in [6.45, 7) is 1.65. The number of amides is 1. The van der Waals surface area contributed by atoms with Gasteiger partial charge in [0.25, 0.3) is 11.6 Å². The van der Waals surface area contributed by atoms with Crippen molar-refractivity contribution in [2.24, 2.45) is 0 Å². The van der Waals surface area contributed by atoms with Crippen LogP contribution in [0.25, 0.3) is 10.8 Å². The molecule has 0 saturated carbocycles. The van der Waals surface area contributed by atoms with Crippen LogP contribution in [0, 0.1) is 28.9 Å². The van der Waals surface area contributed by atoms with Gasteiger partial charge in [0, 0.05) is 34.3 Å². The van der Waals surface area contributed by atoms with Crippen molar-refractivity contribution in [3.05, 3.63) is 110 Å². The number of aliphatic hydroxyl groups is 1. The lowest BCUT2D eigenvalue weighted by Crippen LogP contribution is -2.39. The molecule has 34 heavy (non-hydrogen) atoms. The van der Waals surface area contributed by atoms with Crippen LogP contribution in [0.4, 0.5) is 11.4 Å². The number of carbonyl (C=O) groups excluding carboxylic acids is 1. The topological polar surface area (TPSA) is 136 Å². The van der Waals surface area contributed by atoms with Gasteiger partial charge in [-0.05, 0) is 55.3 Å². The average Bonchev–Trinajstić information content (AvgIpc) is 2.85. The third-order valence-electron chi connectivity index (χ3n) is 5.14. The number of non-ortho nitro benzene ring substituents is 1. The van der Waals surface area contributed by atoms with E-state index in [0.717, 1.165) is 0 Å². The summed E-state index contributed by atoms with van der Waals surface area (Å²) in [5, 5.41) is 29.4. The standard InChI is InChI=1S/C25H17N3O6/c1-16-22-15-19(9-12-21(22)23(29)34-27-16)26-24(30)25(31,14-13-17-5-3-2-4-6-17)18-7-10-20(11-8-18)28(32)33/h2-12,15,31H,1H3,(H,26,30).